The molecule has 0 heterocycles. The van der Waals surface area contributed by atoms with Gasteiger partial charge in [-0.3, -0.25) is 0 Å². The summed E-state index contributed by atoms with van der Waals surface area (Å²) in [7, 11) is -3.15. The Labute approximate surface area is 78.8 Å². The Morgan fingerprint density at radius 1 is 1.46 bits per heavy atom. The molecule has 0 saturated heterocycles. The van der Waals surface area contributed by atoms with E-state index in [0.717, 1.165) is 5.56 Å². The Bertz CT molecular complexity index is 405. The third kappa shape index (κ3) is 2.42. The van der Waals surface area contributed by atoms with E-state index >= 15 is 0 Å². The highest BCUT2D eigenvalue weighted by Gasteiger charge is 2.11. The molecule has 0 unspecified atom stereocenters. The molecule has 0 aliphatic heterocycles. The zero-order valence-corrected chi connectivity index (χ0v) is 8.34. The lowest BCUT2D eigenvalue weighted by molar-refractivity contribution is 0.599. The normalized spacial score (nSPS) is 11.2. The van der Waals surface area contributed by atoms with Gasteiger partial charge >= 0.3 is 0 Å². The van der Waals surface area contributed by atoms with Crippen molar-refractivity contribution in [1.29, 1.82) is 0 Å². The molecule has 0 aliphatic carbocycles. The number of sulfone groups is 1. The zero-order chi connectivity index (χ0) is 9.90. The van der Waals surface area contributed by atoms with Gasteiger partial charge in [0.25, 0.3) is 0 Å². The van der Waals surface area contributed by atoms with Crippen LogP contribution in [-0.2, 0) is 9.84 Å². The van der Waals surface area contributed by atoms with Gasteiger partial charge in [0.1, 0.15) is 0 Å². The van der Waals surface area contributed by atoms with Crippen LogP contribution in [0.5, 0.6) is 0 Å². The first-order chi connectivity index (χ1) is 6.06. The Morgan fingerprint density at radius 2 is 2.15 bits per heavy atom. The van der Waals surface area contributed by atoms with Crippen LogP contribution < -0.4 is 0 Å². The number of hydrogen-bond donors (Lipinski definition) is 0. The molecule has 0 fully saturated rings. The molecule has 3 heteroatoms. The fraction of sp³-hybridized carbons (Fsp3) is 0.200. The summed E-state index contributed by atoms with van der Waals surface area (Å²) in [5, 5.41) is 0. The average Bonchev–Trinajstić information content (AvgIpc) is 2.04. The van der Waals surface area contributed by atoms with Crippen LogP contribution in [-0.4, -0.2) is 14.2 Å². The van der Waals surface area contributed by atoms with Gasteiger partial charge in [0.15, 0.2) is 9.84 Å². The predicted octanol–water partition coefficient (Wildman–Crippen LogP) is 1.95. The Kier molecular flexibility index (Phi) is 2.88. The van der Waals surface area contributed by atoms with Crippen molar-refractivity contribution >= 4 is 9.84 Å². The van der Waals surface area contributed by atoms with Crippen molar-refractivity contribution in [3.63, 3.8) is 0 Å². The van der Waals surface area contributed by atoms with Gasteiger partial charge in [-0.15, -0.1) is 6.58 Å². The van der Waals surface area contributed by atoms with Crippen LogP contribution in [0.2, 0.25) is 0 Å². The van der Waals surface area contributed by atoms with Gasteiger partial charge in [0.05, 0.1) is 10.6 Å². The van der Waals surface area contributed by atoms with Crippen molar-refractivity contribution in [3.8, 4) is 0 Å². The van der Waals surface area contributed by atoms with Crippen LogP contribution in [0.25, 0.3) is 0 Å². The zero-order valence-electron chi connectivity index (χ0n) is 7.53. The van der Waals surface area contributed by atoms with Gasteiger partial charge in [-0.25, -0.2) is 8.42 Å². The summed E-state index contributed by atoms with van der Waals surface area (Å²) in [5.74, 6) is -0.00352. The van der Waals surface area contributed by atoms with E-state index in [1.807, 2.05) is 13.0 Å². The van der Waals surface area contributed by atoms with Crippen molar-refractivity contribution in [2.24, 2.45) is 0 Å². The molecule has 0 saturated carbocycles. The van der Waals surface area contributed by atoms with Gasteiger partial charge in [-0.2, -0.15) is 0 Å². The minimum Gasteiger partial charge on any atom is -0.223 e. The quantitative estimate of drug-likeness (QED) is 0.692. The van der Waals surface area contributed by atoms with Crippen LogP contribution in [0.3, 0.4) is 0 Å². The van der Waals surface area contributed by atoms with Crippen LogP contribution in [0, 0.1) is 6.92 Å². The third-order valence-electron chi connectivity index (χ3n) is 1.69. The van der Waals surface area contributed by atoms with E-state index in [9.17, 15) is 8.42 Å². The molecule has 0 aliphatic rings. The van der Waals surface area contributed by atoms with Crippen LogP contribution in [0.4, 0.5) is 0 Å². The molecule has 1 rings (SSSR count). The molecule has 0 amide bonds. The SMILES string of the molecule is C=CCS(=O)(=O)c1cccc(C)c1. The van der Waals surface area contributed by atoms with Crippen molar-refractivity contribution in [2.45, 2.75) is 11.8 Å². The summed E-state index contributed by atoms with van der Waals surface area (Å²) >= 11 is 0. The molecule has 70 valence electrons. The Morgan fingerprint density at radius 3 is 2.69 bits per heavy atom. The Balaban J connectivity index is 3.15. The molecule has 0 N–H and O–H groups in total. The first-order valence-electron chi connectivity index (χ1n) is 3.96. The molecular formula is C10H12O2S. The summed E-state index contributed by atoms with van der Waals surface area (Å²) in [5.41, 5.74) is 0.949. The third-order valence-corrected chi connectivity index (χ3v) is 3.33. The second-order valence-corrected chi connectivity index (χ2v) is 4.92. The minimum atomic E-state index is -3.15. The molecule has 2 nitrogen and oxygen atoms in total. The molecule has 0 radical (unpaired) electrons. The predicted molar refractivity (Wildman–Crippen MR) is 53.4 cm³/mol. The van der Waals surface area contributed by atoms with E-state index in [1.54, 1.807) is 18.2 Å². The van der Waals surface area contributed by atoms with Crippen LogP contribution >= 0.6 is 0 Å². The lowest BCUT2D eigenvalue weighted by Crippen LogP contribution is -2.04. The second kappa shape index (κ2) is 3.75. The van der Waals surface area contributed by atoms with E-state index < -0.39 is 9.84 Å². The highest BCUT2D eigenvalue weighted by molar-refractivity contribution is 7.91. The number of aryl methyl sites for hydroxylation is 1. The molecule has 0 spiro atoms. The molecule has 1 aromatic carbocycles. The largest absolute Gasteiger partial charge is 0.223 e. The topological polar surface area (TPSA) is 34.1 Å². The van der Waals surface area contributed by atoms with E-state index in [4.69, 9.17) is 0 Å². The summed E-state index contributed by atoms with van der Waals surface area (Å²) < 4.78 is 23.0. The van der Waals surface area contributed by atoms with E-state index in [0.29, 0.717) is 4.90 Å². The number of benzene rings is 1. The lowest BCUT2D eigenvalue weighted by Gasteiger charge is -2.01. The van der Waals surface area contributed by atoms with Crippen molar-refractivity contribution in [1.82, 2.24) is 0 Å². The first-order valence-corrected chi connectivity index (χ1v) is 5.62. The summed E-state index contributed by atoms with van der Waals surface area (Å²) in [6.07, 6.45) is 1.40. The molecular weight excluding hydrogens is 184 g/mol. The van der Waals surface area contributed by atoms with Crippen molar-refractivity contribution < 1.29 is 8.42 Å². The summed E-state index contributed by atoms with van der Waals surface area (Å²) in [6, 6.07) is 6.88. The molecule has 13 heavy (non-hydrogen) atoms. The molecule has 0 atom stereocenters. The summed E-state index contributed by atoms with van der Waals surface area (Å²) in [4.78, 5) is 0.368. The van der Waals surface area contributed by atoms with E-state index in [-0.39, 0.29) is 5.75 Å². The fourth-order valence-corrected chi connectivity index (χ4v) is 2.21. The monoisotopic (exact) mass is 196 g/mol. The summed E-state index contributed by atoms with van der Waals surface area (Å²) in [6.45, 7) is 5.28. The smallest absolute Gasteiger partial charge is 0.181 e. The van der Waals surface area contributed by atoms with Gasteiger partial charge < -0.3 is 0 Å². The maximum absolute atomic E-state index is 11.5. The van der Waals surface area contributed by atoms with Gasteiger partial charge in [0, 0.05) is 0 Å². The van der Waals surface area contributed by atoms with Gasteiger partial charge in [-0.1, -0.05) is 18.2 Å². The molecule has 1 aromatic rings. The Hall–Kier alpha value is -1.09. The first kappa shape index (κ1) is 9.99. The van der Waals surface area contributed by atoms with E-state index in [2.05, 4.69) is 6.58 Å². The van der Waals surface area contributed by atoms with Crippen molar-refractivity contribution in [2.75, 3.05) is 5.75 Å². The number of hydrogen-bond acceptors (Lipinski definition) is 2. The highest BCUT2D eigenvalue weighted by Crippen LogP contribution is 2.12. The van der Waals surface area contributed by atoms with Crippen molar-refractivity contribution in [3.05, 3.63) is 42.5 Å². The lowest BCUT2D eigenvalue weighted by atomic mass is 10.2. The number of rotatable bonds is 3. The van der Waals surface area contributed by atoms with Crippen LogP contribution in [0.15, 0.2) is 41.8 Å². The fourth-order valence-electron chi connectivity index (χ4n) is 1.06. The molecule has 0 bridgehead atoms. The second-order valence-electron chi connectivity index (χ2n) is 2.89. The van der Waals surface area contributed by atoms with E-state index in [1.165, 1.54) is 6.08 Å². The standard InChI is InChI=1S/C10H12O2S/c1-3-7-13(11,12)10-6-4-5-9(2)8-10/h3-6,8H,1,7H2,2H3. The highest BCUT2D eigenvalue weighted by atomic mass is 32.2. The maximum atomic E-state index is 11.5. The van der Waals surface area contributed by atoms with Crippen LogP contribution in [0.1, 0.15) is 5.56 Å². The average molecular weight is 196 g/mol. The van der Waals surface area contributed by atoms with Gasteiger partial charge in [0.2, 0.25) is 0 Å². The maximum Gasteiger partial charge on any atom is 0.181 e. The molecule has 0 aromatic heterocycles. The van der Waals surface area contributed by atoms with Gasteiger partial charge in [-0.05, 0) is 24.6 Å². The minimum absolute atomic E-state index is 0.00352.